The van der Waals surface area contributed by atoms with Crippen molar-refractivity contribution >= 4 is 10.0 Å². The van der Waals surface area contributed by atoms with Crippen LogP contribution in [0.4, 0.5) is 0 Å². The van der Waals surface area contributed by atoms with Crippen LogP contribution < -0.4 is 0 Å². The molecule has 0 aromatic heterocycles. The lowest BCUT2D eigenvalue weighted by atomic mass is 9.82. The second-order valence-corrected chi connectivity index (χ2v) is 8.68. The molecule has 2 atom stereocenters. The molecule has 5 nitrogen and oxygen atoms in total. The fourth-order valence-corrected chi connectivity index (χ4v) is 5.71. The summed E-state index contributed by atoms with van der Waals surface area (Å²) in [6.45, 7) is 2.01. The minimum absolute atomic E-state index is 0.0133. The summed E-state index contributed by atoms with van der Waals surface area (Å²) in [4.78, 5) is 0. The van der Waals surface area contributed by atoms with Crippen LogP contribution in [0.25, 0.3) is 0 Å². The van der Waals surface area contributed by atoms with Gasteiger partial charge in [0.2, 0.25) is 10.0 Å². The molecule has 0 saturated carbocycles. The van der Waals surface area contributed by atoms with Gasteiger partial charge in [-0.05, 0) is 30.7 Å². The Bertz CT molecular complexity index is 598. The molecule has 2 saturated heterocycles. The Morgan fingerprint density at radius 2 is 1.83 bits per heavy atom. The first-order chi connectivity index (χ1) is 11.1. The van der Waals surface area contributed by atoms with Crippen molar-refractivity contribution < 1.29 is 18.3 Å². The van der Waals surface area contributed by atoms with Crippen LogP contribution in [0, 0.1) is 5.92 Å². The lowest BCUT2D eigenvalue weighted by molar-refractivity contribution is 0.0954. The van der Waals surface area contributed by atoms with Crippen LogP contribution in [0.15, 0.2) is 30.3 Å². The van der Waals surface area contributed by atoms with Gasteiger partial charge in [-0.15, -0.1) is 0 Å². The van der Waals surface area contributed by atoms with Gasteiger partial charge in [-0.25, -0.2) is 12.7 Å². The second kappa shape index (κ2) is 7.30. The number of aliphatic hydroxyl groups excluding tert-OH is 1. The van der Waals surface area contributed by atoms with Gasteiger partial charge in [0.25, 0.3) is 0 Å². The Morgan fingerprint density at radius 3 is 2.48 bits per heavy atom. The molecule has 0 bridgehead atoms. The van der Waals surface area contributed by atoms with Crippen LogP contribution >= 0.6 is 0 Å². The first kappa shape index (κ1) is 16.9. The number of hydrogen-bond donors (Lipinski definition) is 1. The van der Waals surface area contributed by atoms with Gasteiger partial charge in [0, 0.05) is 38.8 Å². The Morgan fingerprint density at radius 1 is 1.13 bits per heavy atom. The lowest BCUT2D eigenvalue weighted by Crippen LogP contribution is -2.48. The van der Waals surface area contributed by atoms with Gasteiger partial charge in [0.1, 0.15) is 0 Å². The smallest absolute Gasteiger partial charge is 0.217 e. The summed E-state index contributed by atoms with van der Waals surface area (Å²) in [5, 5.41) is 9.45. The molecular weight excluding hydrogens is 314 g/mol. The van der Waals surface area contributed by atoms with Crippen molar-refractivity contribution in [1.29, 1.82) is 0 Å². The molecule has 0 amide bonds. The van der Waals surface area contributed by atoms with Gasteiger partial charge < -0.3 is 9.84 Å². The predicted octanol–water partition coefficient (Wildman–Crippen LogP) is 1.59. The summed E-state index contributed by atoms with van der Waals surface area (Å²) in [7, 11) is -3.29. The summed E-state index contributed by atoms with van der Waals surface area (Å²) < 4.78 is 32.5. The number of nitrogens with zero attached hydrogens (tertiary/aromatic N) is 1. The molecule has 0 spiro atoms. The van der Waals surface area contributed by atoms with Crippen molar-refractivity contribution in [2.75, 3.05) is 32.9 Å². The van der Waals surface area contributed by atoms with E-state index in [1.165, 1.54) is 5.56 Å². The van der Waals surface area contributed by atoms with Crippen LogP contribution in [0.3, 0.4) is 0 Å². The number of hydrogen-bond acceptors (Lipinski definition) is 4. The summed E-state index contributed by atoms with van der Waals surface area (Å²) in [6, 6.07) is 10.1. The first-order valence-electron chi connectivity index (χ1n) is 8.35. The zero-order valence-corrected chi connectivity index (χ0v) is 14.1. The molecule has 6 heteroatoms. The van der Waals surface area contributed by atoms with Gasteiger partial charge >= 0.3 is 0 Å². The van der Waals surface area contributed by atoms with E-state index < -0.39 is 10.0 Å². The zero-order valence-electron chi connectivity index (χ0n) is 13.3. The van der Waals surface area contributed by atoms with E-state index in [1.807, 2.05) is 18.2 Å². The predicted molar refractivity (Wildman–Crippen MR) is 88.7 cm³/mol. The van der Waals surface area contributed by atoms with Crippen LogP contribution in [0.1, 0.15) is 30.7 Å². The van der Waals surface area contributed by atoms with E-state index in [-0.39, 0.29) is 23.7 Å². The van der Waals surface area contributed by atoms with Crippen LogP contribution in [-0.4, -0.2) is 56.0 Å². The Labute approximate surface area is 138 Å². The molecule has 0 aliphatic carbocycles. The number of ether oxygens (including phenoxy) is 1. The topological polar surface area (TPSA) is 66.8 Å². The molecular formula is C17H25NO4S. The molecule has 1 N–H and O–H groups in total. The van der Waals surface area contributed by atoms with Gasteiger partial charge in [-0.1, -0.05) is 30.3 Å². The highest BCUT2D eigenvalue weighted by molar-refractivity contribution is 7.89. The van der Waals surface area contributed by atoms with Crippen molar-refractivity contribution in [3.8, 4) is 0 Å². The number of aliphatic hydroxyl groups is 1. The monoisotopic (exact) mass is 339 g/mol. The Balaban J connectivity index is 1.73. The van der Waals surface area contributed by atoms with E-state index in [2.05, 4.69) is 12.1 Å². The summed E-state index contributed by atoms with van der Waals surface area (Å²) in [5.74, 6) is 0.183. The maximum Gasteiger partial charge on any atom is 0.217 e. The largest absolute Gasteiger partial charge is 0.396 e. The average Bonchev–Trinajstić information content (AvgIpc) is 2.62. The molecule has 3 rings (SSSR count). The number of sulfonamides is 1. The summed E-state index contributed by atoms with van der Waals surface area (Å²) in [6.07, 6.45) is 1.91. The molecule has 2 heterocycles. The zero-order chi connectivity index (χ0) is 16.3. The van der Waals surface area contributed by atoms with E-state index in [0.717, 1.165) is 6.42 Å². The van der Waals surface area contributed by atoms with Gasteiger partial charge in [-0.3, -0.25) is 0 Å². The third-order valence-electron chi connectivity index (χ3n) is 5.11. The maximum absolute atomic E-state index is 12.8. The summed E-state index contributed by atoms with van der Waals surface area (Å²) >= 11 is 0. The standard InChI is InChI=1S/C17H25NO4S/c19-13-15-12-18(23(20,21)16-7-10-22-11-8-16)9-6-17(15)14-4-2-1-3-5-14/h1-5,15-17,19H,6-13H2/t15-,17+/m1/s1. The first-order valence-corrected chi connectivity index (χ1v) is 9.85. The maximum atomic E-state index is 12.8. The lowest BCUT2D eigenvalue weighted by Gasteiger charge is -2.39. The minimum Gasteiger partial charge on any atom is -0.396 e. The van der Waals surface area contributed by atoms with E-state index in [1.54, 1.807) is 4.31 Å². The molecule has 1 aromatic carbocycles. The van der Waals surface area contributed by atoms with Crippen LogP contribution in [0.5, 0.6) is 0 Å². The van der Waals surface area contributed by atoms with Crippen molar-refractivity contribution in [3.05, 3.63) is 35.9 Å². The Hall–Kier alpha value is -0.950. The van der Waals surface area contributed by atoms with Gasteiger partial charge in [0.15, 0.2) is 0 Å². The number of rotatable bonds is 4. The van der Waals surface area contributed by atoms with Crippen molar-refractivity contribution in [2.24, 2.45) is 5.92 Å². The van der Waals surface area contributed by atoms with E-state index in [4.69, 9.17) is 4.74 Å². The van der Waals surface area contributed by atoms with E-state index >= 15 is 0 Å². The third-order valence-corrected chi connectivity index (χ3v) is 7.47. The SMILES string of the molecule is O=S(=O)(C1CCOCC1)N1CC[C@@H](c2ccccc2)[C@@H](CO)C1. The highest BCUT2D eigenvalue weighted by Crippen LogP contribution is 2.35. The highest BCUT2D eigenvalue weighted by Gasteiger charge is 2.39. The second-order valence-electron chi connectivity index (χ2n) is 6.46. The minimum atomic E-state index is -3.29. The normalized spacial score (nSPS) is 27.9. The van der Waals surface area contributed by atoms with E-state index in [0.29, 0.717) is 39.1 Å². The quantitative estimate of drug-likeness (QED) is 0.905. The molecule has 2 fully saturated rings. The average molecular weight is 339 g/mol. The molecule has 0 unspecified atom stereocenters. The molecule has 0 radical (unpaired) electrons. The molecule has 23 heavy (non-hydrogen) atoms. The Kier molecular flexibility index (Phi) is 5.36. The summed E-state index contributed by atoms with van der Waals surface area (Å²) in [5.41, 5.74) is 1.19. The van der Waals surface area contributed by atoms with Gasteiger partial charge in [0.05, 0.1) is 5.25 Å². The van der Waals surface area contributed by atoms with Crippen LogP contribution in [-0.2, 0) is 14.8 Å². The number of piperidine rings is 1. The fraction of sp³-hybridized carbons (Fsp3) is 0.647. The van der Waals surface area contributed by atoms with Crippen molar-refractivity contribution in [2.45, 2.75) is 30.4 Å². The molecule has 2 aliphatic rings. The van der Waals surface area contributed by atoms with Gasteiger partial charge in [-0.2, -0.15) is 0 Å². The molecule has 1 aromatic rings. The van der Waals surface area contributed by atoms with Crippen molar-refractivity contribution in [1.82, 2.24) is 4.31 Å². The molecule has 128 valence electrons. The number of benzene rings is 1. The molecule has 2 aliphatic heterocycles. The van der Waals surface area contributed by atoms with Crippen LogP contribution in [0.2, 0.25) is 0 Å². The van der Waals surface area contributed by atoms with Crippen molar-refractivity contribution in [3.63, 3.8) is 0 Å². The van der Waals surface area contributed by atoms with E-state index in [9.17, 15) is 13.5 Å². The fourth-order valence-electron chi connectivity index (χ4n) is 3.74. The highest BCUT2D eigenvalue weighted by atomic mass is 32.2. The third kappa shape index (κ3) is 3.60.